The van der Waals surface area contributed by atoms with Crippen molar-refractivity contribution in [3.05, 3.63) is 59.9 Å². The molecule has 0 fully saturated rings. The summed E-state index contributed by atoms with van der Waals surface area (Å²) in [6.45, 7) is 5.55. The molecule has 2 aromatic heterocycles. The summed E-state index contributed by atoms with van der Waals surface area (Å²) in [6.07, 6.45) is -4.11. The van der Waals surface area contributed by atoms with Crippen molar-refractivity contribution in [1.82, 2.24) is 15.0 Å². The molecule has 3 N–H and O–H groups in total. The number of aliphatic hydroxyl groups excluding tert-OH is 1. The third kappa shape index (κ3) is 5.44. The first kappa shape index (κ1) is 21.5. The quantitative estimate of drug-likeness (QED) is 0.513. The average molecular weight is 417 g/mol. The summed E-state index contributed by atoms with van der Waals surface area (Å²) in [5, 5.41) is 15.9. The Labute approximate surface area is 172 Å². The standard InChI is InChI=1S/C21H22F3N5O/c1-12(2)26-18-11-19(27-16-7-8-25-17(10-16)21(22,23)24)29-20(28-18)15-6-4-5-14(9-15)13(3)30/h4-13,30H,1-3H3,(H2,25,26,27,28,29). The molecule has 0 saturated heterocycles. The number of aliphatic hydroxyl groups is 1. The lowest BCUT2D eigenvalue weighted by atomic mass is 10.1. The summed E-state index contributed by atoms with van der Waals surface area (Å²) < 4.78 is 38.9. The van der Waals surface area contributed by atoms with E-state index in [4.69, 9.17) is 0 Å². The number of anilines is 3. The van der Waals surface area contributed by atoms with Crippen molar-refractivity contribution < 1.29 is 18.3 Å². The molecule has 0 spiro atoms. The number of pyridine rings is 1. The van der Waals surface area contributed by atoms with Crippen LogP contribution >= 0.6 is 0 Å². The van der Waals surface area contributed by atoms with Gasteiger partial charge in [-0.05, 0) is 44.5 Å². The van der Waals surface area contributed by atoms with Crippen molar-refractivity contribution in [1.29, 1.82) is 0 Å². The molecule has 1 aromatic carbocycles. The highest BCUT2D eigenvalue weighted by Crippen LogP contribution is 2.30. The van der Waals surface area contributed by atoms with E-state index >= 15 is 0 Å². The van der Waals surface area contributed by atoms with Gasteiger partial charge in [-0.3, -0.25) is 4.98 Å². The molecule has 158 valence electrons. The minimum absolute atomic E-state index is 0.0853. The molecule has 30 heavy (non-hydrogen) atoms. The maximum Gasteiger partial charge on any atom is 0.433 e. The van der Waals surface area contributed by atoms with Crippen molar-refractivity contribution in [2.75, 3.05) is 10.6 Å². The lowest BCUT2D eigenvalue weighted by Gasteiger charge is -2.14. The molecule has 9 heteroatoms. The summed E-state index contributed by atoms with van der Waals surface area (Å²) in [5.74, 6) is 1.21. The number of hydrogen-bond donors (Lipinski definition) is 3. The Kier molecular flexibility index (Phi) is 6.21. The molecule has 1 unspecified atom stereocenters. The van der Waals surface area contributed by atoms with Crippen LogP contribution in [0.5, 0.6) is 0 Å². The van der Waals surface area contributed by atoms with Gasteiger partial charge in [0.1, 0.15) is 17.3 Å². The fraction of sp³-hybridized carbons (Fsp3) is 0.286. The smallest absolute Gasteiger partial charge is 0.389 e. The fourth-order valence-corrected chi connectivity index (χ4v) is 2.76. The monoisotopic (exact) mass is 417 g/mol. The Hall–Kier alpha value is -3.20. The van der Waals surface area contributed by atoms with Crippen LogP contribution in [0.15, 0.2) is 48.7 Å². The Morgan fingerprint density at radius 2 is 1.70 bits per heavy atom. The Bertz CT molecular complexity index is 1020. The number of rotatable bonds is 6. The number of alkyl halides is 3. The molecule has 0 saturated carbocycles. The number of nitrogens with zero attached hydrogens (tertiary/aromatic N) is 3. The normalized spacial score (nSPS) is 12.7. The molecule has 0 radical (unpaired) electrons. The minimum Gasteiger partial charge on any atom is -0.389 e. The van der Waals surface area contributed by atoms with Crippen LogP contribution in [0.4, 0.5) is 30.5 Å². The van der Waals surface area contributed by atoms with Gasteiger partial charge < -0.3 is 15.7 Å². The molecule has 2 heterocycles. The van der Waals surface area contributed by atoms with E-state index in [9.17, 15) is 18.3 Å². The SMILES string of the molecule is CC(C)Nc1cc(Nc2ccnc(C(F)(F)F)c2)nc(-c2cccc(C(C)O)c2)n1. The van der Waals surface area contributed by atoms with E-state index in [0.717, 1.165) is 12.3 Å². The van der Waals surface area contributed by atoms with Crippen molar-refractivity contribution in [3.8, 4) is 11.4 Å². The highest BCUT2D eigenvalue weighted by Gasteiger charge is 2.32. The Balaban J connectivity index is 2.01. The minimum atomic E-state index is -4.54. The van der Waals surface area contributed by atoms with Gasteiger partial charge in [-0.25, -0.2) is 9.97 Å². The van der Waals surface area contributed by atoms with Crippen molar-refractivity contribution in [2.45, 2.75) is 39.1 Å². The van der Waals surface area contributed by atoms with Gasteiger partial charge >= 0.3 is 6.18 Å². The van der Waals surface area contributed by atoms with Gasteiger partial charge in [0.05, 0.1) is 6.10 Å². The van der Waals surface area contributed by atoms with E-state index in [0.29, 0.717) is 28.6 Å². The van der Waals surface area contributed by atoms with Crippen LogP contribution in [0.25, 0.3) is 11.4 Å². The Morgan fingerprint density at radius 3 is 2.37 bits per heavy atom. The zero-order chi connectivity index (χ0) is 21.9. The molecule has 3 aromatic rings. The van der Waals surface area contributed by atoms with E-state index in [1.165, 1.54) is 6.07 Å². The molecule has 6 nitrogen and oxygen atoms in total. The highest BCUT2D eigenvalue weighted by atomic mass is 19.4. The highest BCUT2D eigenvalue weighted by molar-refractivity contribution is 5.65. The lowest BCUT2D eigenvalue weighted by molar-refractivity contribution is -0.141. The topological polar surface area (TPSA) is 83.0 Å². The summed E-state index contributed by atoms with van der Waals surface area (Å²) in [7, 11) is 0. The van der Waals surface area contributed by atoms with Crippen LogP contribution in [-0.2, 0) is 6.18 Å². The van der Waals surface area contributed by atoms with Crippen LogP contribution in [0.1, 0.15) is 38.1 Å². The molecule has 0 aliphatic carbocycles. The second kappa shape index (κ2) is 8.66. The van der Waals surface area contributed by atoms with Crippen LogP contribution in [-0.4, -0.2) is 26.1 Å². The maximum atomic E-state index is 13.0. The fourth-order valence-electron chi connectivity index (χ4n) is 2.76. The largest absolute Gasteiger partial charge is 0.433 e. The zero-order valence-electron chi connectivity index (χ0n) is 16.7. The number of benzene rings is 1. The first-order chi connectivity index (χ1) is 14.1. The first-order valence-corrected chi connectivity index (χ1v) is 9.36. The number of aromatic nitrogens is 3. The van der Waals surface area contributed by atoms with E-state index in [1.54, 1.807) is 37.3 Å². The second-order valence-corrected chi connectivity index (χ2v) is 7.12. The molecule has 0 aliphatic heterocycles. The van der Waals surface area contributed by atoms with Crippen molar-refractivity contribution >= 4 is 17.3 Å². The van der Waals surface area contributed by atoms with E-state index in [-0.39, 0.29) is 11.7 Å². The third-order valence-electron chi connectivity index (χ3n) is 4.11. The molecule has 1 atom stereocenters. The van der Waals surface area contributed by atoms with Gasteiger partial charge in [-0.2, -0.15) is 13.2 Å². The summed E-state index contributed by atoms with van der Waals surface area (Å²) in [4.78, 5) is 12.3. The first-order valence-electron chi connectivity index (χ1n) is 9.36. The van der Waals surface area contributed by atoms with Gasteiger partial charge in [0.2, 0.25) is 0 Å². The van der Waals surface area contributed by atoms with E-state index in [2.05, 4.69) is 25.6 Å². The molecule has 3 rings (SSSR count). The van der Waals surface area contributed by atoms with E-state index < -0.39 is 18.0 Å². The van der Waals surface area contributed by atoms with Crippen molar-refractivity contribution in [3.63, 3.8) is 0 Å². The molecular weight excluding hydrogens is 395 g/mol. The predicted molar refractivity (Wildman–Crippen MR) is 109 cm³/mol. The van der Waals surface area contributed by atoms with Crippen LogP contribution in [0.3, 0.4) is 0 Å². The predicted octanol–water partition coefficient (Wildman–Crippen LogP) is 5.17. The number of hydrogen-bond acceptors (Lipinski definition) is 6. The number of halogens is 3. The van der Waals surface area contributed by atoms with Gasteiger partial charge in [0.25, 0.3) is 0 Å². The second-order valence-electron chi connectivity index (χ2n) is 7.12. The molecule has 0 amide bonds. The van der Waals surface area contributed by atoms with Gasteiger partial charge in [0, 0.05) is 29.6 Å². The van der Waals surface area contributed by atoms with Gasteiger partial charge in [-0.1, -0.05) is 18.2 Å². The van der Waals surface area contributed by atoms with E-state index in [1.807, 2.05) is 13.8 Å². The van der Waals surface area contributed by atoms with Gasteiger partial charge in [-0.15, -0.1) is 0 Å². The molecule has 0 bridgehead atoms. The summed E-state index contributed by atoms with van der Waals surface area (Å²) in [6, 6.07) is 11.2. The molecular formula is C21H22F3N5O. The average Bonchev–Trinajstić information content (AvgIpc) is 2.67. The van der Waals surface area contributed by atoms with Gasteiger partial charge in [0.15, 0.2) is 5.82 Å². The zero-order valence-corrected chi connectivity index (χ0v) is 16.7. The lowest BCUT2D eigenvalue weighted by Crippen LogP contribution is -2.12. The Morgan fingerprint density at radius 1 is 0.967 bits per heavy atom. The third-order valence-corrected chi connectivity index (χ3v) is 4.11. The van der Waals surface area contributed by atoms with Crippen LogP contribution in [0, 0.1) is 0 Å². The summed E-state index contributed by atoms with van der Waals surface area (Å²) in [5.41, 5.74) is 0.591. The summed E-state index contributed by atoms with van der Waals surface area (Å²) >= 11 is 0. The van der Waals surface area contributed by atoms with Crippen LogP contribution in [0.2, 0.25) is 0 Å². The number of nitrogens with one attached hydrogen (secondary N) is 2. The van der Waals surface area contributed by atoms with Crippen molar-refractivity contribution in [2.24, 2.45) is 0 Å². The van der Waals surface area contributed by atoms with Crippen LogP contribution < -0.4 is 10.6 Å². The molecule has 0 aliphatic rings. The maximum absolute atomic E-state index is 13.0.